The van der Waals surface area contributed by atoms with Gasteiger partial charge in [-0.15, -0.1) is 0 Å². The van der Waals surface area contributed by atoms with E-state index in [2.05, 4.69) is 55.4 Å². The van der Waals surface area contributed by atoms with Crippen molar-refractivity contribution in [2.45, 2.75) is 103 Å². The van der Waals surface area contributed by atoms with Crippen molar-refractivity contribution >= 4 is 23.3 Å². The van der Waals surface area contributed by atoms with Gasteiger partial charge in [0.2, 0.25) is 0 Å². The van der Waals surface area contributed by atoms with Gasteiger partial charge in [-0.25, -0.2) is 0 Å². The van der Waals surface area contributed by atoms with Gasteiger partial charge in [0.1, 0.15) is 11.5 Å². The zero-order valence-electron chi connectivity index (χ0n) is 27.6. The fourth-order valence-corrected chi connectivity index (χ4v) is 7.56. The van der Waals surface area contributed by atoms with Crippen molar-refractivity contribution in [2.24, 2.45) is 28.4 Å². The number of nitrogens with two attached hydrogens (primary N) is 1. The normalized spacial score (nSPS) is 15.5. The first-order valence-corrected chi connectivity index (χ1v) is 16.6. The predicted molar refractivity (Wildman–Crippen MR) is 180 cm³/mol. The maximum Gasteiger partial charge on any atom is 0.199 e. The summed E-state index contributed by atoms with van der Waals surface area (Å²) in [6.07, 6.45) is 3.74. The van der Waals surface area contributed by atoms with Crippen molar-refractivity contribution in [2.75, 3.05) is 0 Å². The van der Waals surface area contributed by atoms with E-state index in [9.17, 15) is 19.8 Å². The van der Waals surface area contributed by atoms with Crippen LogP contribution in [0, 0.1) is 22.7 Å². The molecule has 3 atom stereocenters. The van der Waals surface area contributed by atoms with Gasteiger partial charge in [0, 0.05) is 21.4 Å². The van der Waals surface area contributed by atoms with Crippen molar-refractivity contribution in [1.29, 1.82) is 0 Å². The van der Waals surface area contributed by atoms with Crippen LogP contribution in [0.15, 0.2) is 58.3 Å². The zero-order valence-corrected chi connectivity index (χ0v) is 28.4. The summed E-state index contributed by atoms with van der Waals surface area (Å²) >= 11 is 1.40. The Balaban J connectivity index is 1.74. The van der Waals surface area contributed by atoms with Gasteiger partial charge in [-0.05, 0) is 90.2 Å². The van der Waals surface area contributed by atoms with E-state index in [4.69, 9.17) is 5.73 Å². The van der Waals surface area contributed by atoms with Gasteiger partial charge >= 0.3 is 0 Å². The van der Waals surface area contributed by atoms with Crippen molar-refractivity contribution in [3.8, 4) is 11.5 Å². The number of carbonyl (C=O) groups excluding carboxylic acids is 2. The topological polar surface area (TPSA) is 101 Å². The number of phenolic OH excluding ortho intramolecular Hbond substituents is 2. The second-order valence-corrected chi connectivity index (χ2v) is 16.1. The molecular weight excluding hydrogens is 566 g/mol. The van der Waals surface area contributed by atoms with Gasteiger partial charge in [-0.2, -0.15) is 0 Å². The molecule has 6 heteroatoms. The highest BCUT2D eigenvalue weighted by Crippen LogP contribution is 2.45. The minimum Gasteiger partial charge on any atom is -0.507 e. The van der Waals surface area contributed by atoms with E-state index >= 15 is 0 Å². The average Bonchev–Trinajstić information content (AvgIpc) is 2.93. The molecule has 1 aliphatic rings. The molecule has 0 aliphatic heterocycles. The summed E-state index contributed by atoms with van der Waals surface area (Å²) < 4.78 is 0. The molecule has 0 heterocycles. The number of hydrogen-bond donors (Lipinski definition) is 3. The van der Waals surface area contributed by atoms with Gasteiger partial charge in [0.25, 0.3) is 0 Å². The van der Waals surface area contributed by atoms with Crippen LogP contribution < -0.4 is 5.73 Å². The maximum atomic E-state index is 14.2. The SMILES string of the molecule is CC(CCc1cc(Sc2ccccc2)c2c(c1O)C(=O)c1ccc(CCC(C)C(N)C(C)(C)C)c(O)c1C2=O)CC(C)(C)C. The van der Waals surface area contributed by atoms with Gasteiger partial charge in [-0.1, -0.05) is 91.4 Å². The minimum absolute atomic E-state index is 0.0219. The number of benzene rings is 3. The molecule has 0 spiro atoms. The smallest absolute Gasteiger partial charge is 0.199 e. The molecular formula is C38H49NO4S. The lowest BCUT2D eigenvalue weighted by molar-refractivity contribution is 0.0971. The fraction of sp³-hybridized carbons (Fsp3) is 0.474. The van der Waals surface area contributed by atoms with Crippen LogP contribution in [0.1, 0.15) is 118 Å². The summed E-state index contributed by atoms with van der Waals surface area (Å²) in [7, 11) is 0. The number of carbonyl (C=O) groups is 2. The lowest BCUT2D eigenvalue weighted by atomic mass is 9.77. The third kappa shape index (κ3) is 7.40. The van der Waals surface area contributed by atoms with E-state index in [1.54, 1.807) is 12.1 Å². The molecule has 3 unspecified atom stereocenters. The third-order valence-electron chi connectivity index (χ3n) is 8.85. The van der Waals surface area contributed by atoms with Crippen molar-refractivity contribution < 1.29 is 19.8 Å². The van der Waals surface area contributed by atoms with E-state index in [1.165, 1.54) is 11.8 Å². The fourth-order valence-electron chi connectivity index (χ4n) is 6.51. The monoisotopic (exact) mass is 615 g/mol. The third-order valence-corrected chi connectivity index (χ3v) is 9.90. The Bertz CT molecular complexity index is 1530. The molecule has 44 heavy (non-hydrogen) atoms. The Morgan fingerprint density at radius 3 is 2.00 bits per heavy atom. The molecule has 236 valence electrons. The Morgan fingerprint density at radius 1 is 0.773 bits per heavy atom. The van der Waals surface area contributed by atoms with E-state index in [1.807, 2.05) is 36.4 Å². The Hall–Kier alpha value is -3.09. The van der Waals surface area contributed by atoms with Crippen LogP contribution in [-0.2, 0) is 12.8 Å². The van der Waals surface area contributed by atoms with Crippen molar-refractivity contribution in [3.63, 3.8) is 0 Å². The number of aryl methyl sites for hydroxylation is 2. The standard InChI is InChI=1S/C38H49NO4S/c1-22(21-37(3,4)5)14-16-25-20-28(44-26-12-10-9-11-13-26)30-31(33(25)41)34(42)27-19-18-24(32(40)29(27)35(30)43)17-15-23(2)36(39)38(6,7)8/h9-13,18-20,22-23,36,40-41H,14-17,21,39H2,1-8H3. The second kappa shape index (κ2) is 13.1. The molecule has 0 radical (unpaired) electrons. The lowest BCUT2D eigenvalue weighted by Gasteiger charge is -2.32. The molecule has 4 N–H and O–H groups in total. The van der Waals surface area contributed by atoms with E-state index < -0.39 is 11.6 Å². The molecule has 3 aromatic rings. The second-order valence-electron chi connectivity index (χ2n) is 15.0. The highest BCUT2D eigenvalue weighted by Gasteiger charge is 2.38. The Morgan fingerprint density at radius 2 is 1.39 bits per heavy atom. The highest BCUT2D eigenvalue weighted by atomic mass is 32.2. The van der Waals surface area contributed by atoms with Crippen LogP contribution in [0.4, 0.5) is 0 Å². The molecule has 0 aromatic heterocycles. The molecule has 0 fully saturated rings. The zero-order chi connectivity index (χ0) is 32.6. The molecule has 5 nitrogen and oxygen atoms in total. The van der Waals surface area contributed by atoms with Crippen LogP contribution >= 0.6 is 11.8 Å². The molecule has 0 amide bonds. The summed E-state index contributed by atoms with van der Waals surface area (Å²) in [5, 5.41) is 22.9. The number of phenols is 2. The average molecular weight is 616 g/mol. The molecule has 3 aromatic carbocycles. The molecule has 0 bridgehead atoms. The van der Waals surface area contributed by atoms with Gasteiger partial charge in [0.05, 0.1) is 16.7 Å². The summed E-state index contributed by atoms with van der Waals surface area (Å²) in [6, 6.07) is 14.9. The highest BCUT2D eigenvalue weighted by molar-refractivity contribution is 7.99. The van der Waals surface area contributed by atoms with Gasteiger partial charge in [0.15, 0.2) is 11.6 Å². The number of fused-ring (bicyclic) bond motifs is 2. The van der Waals surface area contributed by atoms with Crippen molar-refractivity contribution in [1.82, 2.24) is 0 Å². The molecule has 1 aliphatic carbocycles. The number of ketones is 2. The first-order chi connectivity index (χ1) is 20.5. The van der Waals surface area contributed by atoms with Crippen LogP contribution in [0.5, 0.6) is 11.5 Å². The van der Waals surface area contributed by atoms with Crippen LogP contribution in [-0.4, -0.2) is 27.8 Å². The first-order valence-electron chi connectivity index (χ1n) is 15.8. The number of hydrogen-bond acceptors (Lipinski definition) is 6. The predicted octanol–water partition coefficient (Wildman–Crippen LogP) is 8.97. The van der Waals surface area contributed by atoms with Gasteiger partial charge < -0.3 is 15.9 Å². The van der Waals surface area contributed by atoms with Crippen LogP contribution in [0.25, 0.3) is 0 Å². The summed E-state index contributed by atoms with van der Waals surface area (Å²) in [5.41, 5.74) is 8.26. The summed E-state index contributed by atoms with van der Waals surface area (Å²) in [6.45, 7) is 17.3. The minimum atomic E-state index is -0.435. The van der Waals surface area contributed by atoms with E-state index in [0.29, 0.717) is 34.8 Å². The summed E-state index contributed by atoms with van der Waals surface area (Å²) in [4.78, 5) is 29.8. The maximum absolute atomic E-state index is 14.2. The number of aromatic hydroxyl groups is 2. The number of rotatable bonds is 10. The van der Waals surface area contributed by atoms with E-state index in [0.717, 1.165) is 24.2 Å². The van der Waals surface area contributed by atoms with Gasteiger partial charge in [-0.3, -0.25) is 9.59 Å². The largest absolute Gasteiger partial charge is 0.507 e. The van der Waals surface area contributed by atoms with Crippen molar-refractivity contribution in [3.05, 3.63) is 81.9 Å². The quantitative estimate of drug-likeness (QED) is 0.165. The molecule has 0 saturated heterocycles. The van der Waals surface area contributed by atoms with E-state index in [-0.39, 0.29) is 56.5 Å². The molecule has 4 rings (SSSR count). The Labute approximate surface area is 267 Å². The lowest BCUT2D eigenvalue weighted by Crippen LogP contribution is -2.40. The Kier molecular flexibility index (Phi) is 10.1. The molecule has 0 saturated carbocycles. The first kappa shape index (κ1) is 33.8. The van der Waals surface area contributed by atoms with Crippen LogP contribution in [0.2, 0.25) is 0 Å². The summed E-state index contributed by atoms with van der Waals surface area (Å²) in [5.74, 6) is -0.536. The van der Waals surface area contributed by atoms with Crippen LogP contribution in [0.3, 0.4) is 0 Å².